The van der Waals surface area contributed by atoms with Crippen molar-refractivity contribution in [2.24, 2.45) is 5.73 Å². The molecule has 0 aliphatic heterocycles. The first-order valence-electron chi connectivity index (χ1n) is 7.45. The summed E-state index contributed by atoms with van der Waals surface area (Å²) in [6, 6.07) is 8.36. The summed E-state index contributed by atoms with van der Waals surface area (Å²) in [4.78, 5) is 12.2. The Hall–Kier alpha value is -1.00. The predicted molar refractivity (Wildman–Crippen MR) is 87.9 cm³/mol. The fourth-order valence-electron chi connectivity index (χ4n) is 2.27. The number of carbonyl (C=O) groups excluding carboxylic acids is 1. The largest absolute Gasteiger partial charge is 0.343 e. The minimum atomic E-state index is -3.69. The van der Waals surface area contributed by atoms with Crippen LogP contribution in [0.4, 0.5) is 0 Å². The van der Waals surface area contributed by atoms with Crippen molar-refractivity contribution < 1.29 is 18.4 Å². The van der Waals surface area contributed by atoms with Gasteiger partial charge in [0.15, 0.2) is 0 Å². The first kappa shape index (κ1) is 19.0. The molecule has 0 amide bonds. The molecule has 2 atom stereocenters. The normalized spacial score (nSPS) is 15.1. The SMILES string of the molecule is CC(=O)C(C(N)c1ccccc1)P(=O)(OC(C)C)OC(C)C. The zero-order chi connectivity index (χ0) is 16.9. The molecule has 2 unspecified atom stereocenters. The van der Waals surface area contributed by atoms with Crippen LogP contribution in [0.2, 0.25) is 0 Å². The van der Waals surface area contributed by atoms with Gasteiger partial charge in [0.1, 0.15) is 11.4 Å². The summed E-state index contributed by atoms with van der Waals surface area (Å²) in [5.74, 6) is -0.305. The van der Waals surface area contributed by atoms with E-state index in [0.717, 1.165) is 5.56 Å². The fourth-order valence-corrected chi connectivity index (χ4v) is 4.77. The molecule has 1 aromatic carbocycles. The number of ketones is 1. The molecule has 0 radical (unpaired) electrons. The topological polar surface area (TPSA) is 78.6 Å². The Labute approximate surface area is 132 Å². The number of rotatable bonds is 8. The Kier molecular flexibility index (Phi) is 6.95. The van der Waals surface area contributed by atoms with Crippen LogP contribution >= 0.6 is 7.60 Å². The lowest BCUT2D eigenvalue weighted by atomic mass is 10.0. The third-order valence-corrected chi connectivity index (χ3v) is 5.79. The molecule has 0 spiro atoms. The molecule has 0 bridgehead atoms. The van der Waals surface area contributed by atoms with Gasteiger partial charge in [0.05, 0.1) is 18.2 Å². The van der Waals surface area contributed by atoms with Gasteiger partial charge in [0, 0.05) is 0 Å². The molecule has 0 aliphatic rings. The first-order valence-corrected chi connectivity index (χ1v) is 9.06. The summed E-state index contributed by atoms with van der Waals surface area (Å²) in [5, 5.41) is 0. The maximum absolute atomic E-state index is 13.2. The van der Waals surface area contributed by atoms with Crippen LogP contribution in [-0.2, 0) is 18.4 Å². The second-order valence-corrected chi connectivity index (χ2v) is 7.90. The van der Waals surface area contributed by atoms with E-state index in [0.29, 0.717) is 0 Å². The molecule has 0 aliphatic carbocycles. The van der Waals surface area contributed by atoms with E-state index in [4.69, 9.17) is 14.8 Å². The van der Waals surface area contributed by atoms with Crippen molar-refractivity contribution in [3.63, 3.8) is 0 Å². The zero-order valence-corrected chi connectivity index (χ0v) is 14.7. The van der Waals surface area contributed by atoms with Gasteiger partial charge in [-0.3, -0.25) is 9.36 Å². The third-order valence-electron chi connectivity index (χ3n) is 3.00. The van der Waals surface area contributed by atoms with Crippen LogP contribution in [0.5, 0.6) is 0 Å². The molecular formula is C16H26NO4P. The van der Waals surface area contributed by atoms with Gasteiger partial charge in [0.25, 0.3) is 0 Å². The van der Waals surface area contributed by atoms with Crippen LogP contribution < -0.4 is 5.73 Å². The smallest absolute Gasteiger partial charge is 0.323 e. The number of Topliss-reactive ketones (excluding diaryl/α,β-unsaturated/α-hetero) is 1. The Morgan fingerprint density at radius 1 is 1.05 bits per heavy atom. The van der Waals surface area contributed by atoms with Crippen molar-refractivity contribution in [2.75, 3.05) is 0 Å². The minimum absolute atomic E-state index is 0.305. The lowest BCUT2D eigenvalue weighted by molar-refractivity contribution is -0.117. The van der Waals surface area contributed by atoms with Crippen LogP contribution in [0.1, 0.15) is 46.2 Å². The van der Waals surface area contributed by atoms with Gasteiger partial charge in [0.2, 0.25) is 0 Å². The Morgan fingerprint density at radius 3 is 1.86 bits per heavy atom. The Balaban J connectivity index is 3.24. The molecule has 0 fully saturated rings. The summed E-state index contributed by atoms with van der Waals surface area (Å²) in [7, 11) is -3.69. The summed E-state index contributed by atoms with van der Waals surface area (Å²) >= 11 is 0. The van der Waals surface area contributed by atoms with Crippen molar-refractivity contribution >= 4 is 13.4 Å². The van der Waals surface area contributed by atoms with Crippen molar-refractivity contribution in [1.29, 1.82) is 0 Å². The average Bonchev–Trinajstić information content (AvgIpc) is 2.36. The summed E-state index contributed by atoms with van der Waals surface area (Å²) < 4.78 is 24.3. The van der Waals surface area contributed by atoms with E-state index in [1.54, 1.807) is 39.8 Å². The van der Waals surface area contributed by atoms with E-state index in [-0.39, 0.29) is 18.0 Å². The zero-order valence-electron chi connectivity index (χ0n) is 13.9. The second-order valence-electron chi connectivity index (χ2n) is 5.84. The monoisotopic (exact) mass is 327 g/mol. The highest BCUT2D eigenvalue weighted by atomic mass is 31.2. The van der Waals surface area contributed by atoms with Crippen molar-refractivity contribution in [1.82, 2.24) is 0 Å². The number of hydrogen-bond donors (Lipinski definition) is 1. The molecule has 0 heterocycles. The summed E-state index contributed by atoms with van der Waals surface area (Å²) in [5.41, 5.74) is 5.92. The maximum atomic E-state index is 13.2. The van der Waals surface area contributed by atoms with Gasteiger partial charge >= 0.3 is 7.60 Å². The molecular weight excluding hydrogens is 301 g/mol. The molecule has 1 aromatic rings. The van der Waals surface area contributed by atoms with Crippen molar-refractivity contribution in [3.05, 3.63) is 35.9 Å². The molecule has 0 aromatic heterocycles. The second kappa shape index (κ2) is 8.02. The molecule has 0 saturated heterocycles. The standard InChI is InChI=1S/C16H26NO4P/c1-11(2)20-22(19,21-12(3)4)16(13(5)18)15(17)14-9-7-6-8-10-14/h6-12,15-16H,17H2,1-5H3. The lowest BCUT2D eigenvalue weighted by Crippen LogP contribution is -2.34. The summed E-state index contributed by atoms with van der Waals surface area (Å²) in [6.45, 7) is 8.37. The van der Waals surface area contributed by atoms with Gasteiger partial charge in [-0.15, -0.1) is 0 Å². The number of carbonyl (C=O) groups is 1. The average molecular weight is 327 g/mol. The van der Waals surface area contributed by atoms with Crippen molar-refractivity contribution in [2.45, 2.75) is 58.5 Å². The Morgan fingerprint density at radius 2 is 1.50 bits per heavy atom. The molecule has 22 heavy (non-hydrogen) atoms. The Bertz CT molecular complexity index is 516. The predicted octanol–water partition coefficient (Wildman–Crippen LogP) is 3.69. The number of nitrogens with two attached hydrogens (primary N) is 1. The minimum Gasteiger partial charge on any atom is -0.323 e. The van der Waals surface area contributed by atoms with Gasteiger partial charge < -0.3 is 14.8 Å². The van der Waals surface area contributed by atoms with Gasteiger partial charge in [-0.2, -0.15) is 0 Å². The molecule has 6 heteroatoms. The molecule has 1 rings (SSSR count). The van der Waals surface area contributed by atoms with Crippen LogP contribution in [0.3, 0.4) is 0 Å². The van der Waals surface area contributed by atoms with Gasteiger partial charge in [-0.1, -0.05) is 30.3 Å². The number of benzene rings is 1. The maximum Gasteiger partial charge on any atom is 0.343 e. The van der Waals surface area contributed by atoms with E-state index in [9.17, 15) is 9.36 Å². The highest BCUT2D eigenvalue weighted by molar-refractivity contribution is 7.55. The molecule has 124 valence electrons. The molecule has 5 nitrogen and oxygen atoms in total. The van der Waals surface area contributed by atoms with E-state index >= 15 is 0 Å². The lowest BCUT2D eigenvalue weighted by Gasteiger charge is -2.31. The highest BCUT2D eigenvalue weighted by Crippen LogP contribution is 2.58. The van der Waals surface area contributed by atoms with Crippen LogP contribution in [0.25, 0.3) is 0 Å². The van der Waals surface area contributed by atoms with Crippen molar-refractivity contribution in [3.8, 4) is 0 Å². The van der Waals surface area contributed by atoms with Crippen LogP contribution in [-0.4, -0.2) is 23.7 Å². The van der Waals surface area contributed by atoms with Crippen LogP contribution in [0.15, 0.2) is 30.3 Å². The van der Waals surface area contributed by atoms with E-state index in [2.05, 4.69) is 0 Å². The van der Waals surface area contributed by atoms with E-state index in [1.807, 2.05) is 18.2 Å². The first-order chi connectivity index (χ1) is 10.2. The number of hydrogen-bond acceptors (Lipinski definition) is 5. The van der Waals surface area contributed by atoms with Gasteiger partial charge in [-0.05, 0) is 40.2 Å². The highest BCUT2D eigenvalue weighted by Gasteiger charge is 2.45. The van der Waals surface area contributed by atoms with Crippen LogP contribution in [0, 0.1) is 0 Å². The molecule has 2 N–H and O–H groups in total. The summed E-state index contributed by atoms with van der Waals surface area (Å²) in [6.07, 6.45) is -0.677. The van der Waals surface area contributed by atoms with Gasteiger partial charge in [-0.25, -0.2) is 0 Å². The van der Waals surface area contributed by atoms with E-state index < -0.39 is 19.3 Å². The van der Waals surface area contributed by atoms with E-state index in [1.165, 1.54) is 6.92 Å². The fraction of sp³-hybridized carbons (Fsp3) is 0.562. The molecule has 0 saturated carbocycles. The third kappa shape index (κ3) is 5.03. The quantitative estimate of drug-likeness (QED) is 0.737.